The Morgan fingerprint density at radius 1 is 1.45 bits per heavy atom. The van der Waals surface area contributed by atoms with Crippen LogP contribution in [0.25, 0.3) is 0 Å². The first-order chi connectivity index (χ1) is 9.25. The summed E-state index contributed by atoms with van der Waals surface area (Å²) in [7, 11) is 1.75. The van der Waals surface area contributed by atoms with Crippen LogP contribution in [0.2, 0.25) is 0 Å². The van der Waals surface area contributed by atoms with Crippen LogP contribution in [0.15, 0.2) is 0 Å². The maximum absolute atomic E-state index is 11.6. The van der Waals surface area contributed by atoms with Gasteiger partial charge in [0.1, 0.15) is 11.4 Å². The van der Waals surface area contributed by atoms with E-state index in [1.165, 1.54) is 0 Å². The summed E-state index contributed by atoms with van der Waals surface area (Å²) < 4.78 is 1.62. The van der Waals surface area contributed by atoms with Crippen molar-refractivity contribution in [1.29, 1.82) is 0 Å². The van der Waals surface area contributed by atoms with Gasteiger partial charge >= 0.3 is 5.97 Å². The molecule has 1 rings (SSSR count). The molecule has 20 heavy (non-hydrogen) atoms. The lowest BCUT2D eigenvalue weighted by Gasteiger charge is -2.29. The van der Waals surface area contributed by atoms with Crippen LogP contribution in [-0.4, -0.2) is 39.4 Å². The van der Waals surface area contributed by atoms with E-state index in [0.29, 0.717) is 30.0 Å². The van der Waals surface area contributed by atoms with Crippen LogP contribution in [0, 0.1) is 6.92 Å². The average molecular weight is 282 g/mol. The molecule has 3 N–H and O–H groups in total. The summed E-state index contributed by atoms with van der Waals surface area (Å²) in [4.78, 5) is 24.2. The van der Waals surface area contributed by atoms with Crippen LogP contribution in [0.3, 0.4) is 0 Å². The van der Waals surface area contributed by atoms with Crippen molar-refractivity contribution in [3.05, 3.63) is 11.3 Å². The summed E-state index contributed by atoms with van der Waals surface area (Å²) >= 11 is 0. The van der Waals surface area contributed by atoms with Gasteiger partial charge in [-0.1, -0.05) is 0 Å². The Morgan fingerprint density at radius 3 is 2.50 bits per heavy atom. The Hall–Kier alpha value is -2.05. The lowest BCUT2D eigenvalue weighted by atomic mass is 10.1. The Labute approximate surface area is 118 Å². The lowest BCUT2D eigenvalue weighted by Crippen LogP contribution is -2.35. The number of amides is 1. The van der Waals surface area contributed by atoms with E-state index in [2.05, 4.69) is 5.10 Å². The van der Waals surface area contributed by atoms with E-state index in [4.69, 9.17) is 10.8 Å². The number of aliphatic carboxylic acids is 1. The number of anilines is 1. The molecule has 0 radical (unpaired) electrons. The largest absolute Gasteiger partial charge is 0.481 e. The van der Waals surface area contributed by atoms with Crippen molar-refractivity contribution in [2.45, 2.75) is 39.7 Å². The fraction of sp³-hybridized carbons (Fsp3) is 0.615. The van der Waals surface area contributed by atoms with Gasteiger partial charge < -0.3 is 15.7 Å². The zero-order chi connectivity index (χ0) is 15.4. The van der Waals surface area contributed by atoms with Crippen molar-refractivity contribution in [2.75, 3.05) is 11.4 Å². The van der Waals surface area contributed by atoms with Crippen LogP contribution >= 0.6 is 0 Å². The third-order valence-electron chi connectivity index (χ3n) is 3.12. The first-order valence-electron chi connectivity index (χ1n) is 6.57. The molecule has 1 aromatic heterocycles. The second kappa shape index (κ2) is 6.40. The molecule has 1 aromatic rings. The molecule has 0 bridgehead atoms. The molecule has 112 valence electrons. The summed E-state index contributed by atoms with van der Waals surface area (Å²) in [6.45, 7) is 6.23. The number of hydrogen-bond donors (Lipinski definition) is 2. The number of carboxylic acid groups (broad SMARTS) is 1. The van der Waals surface area contributed by atoms with Gasteiger partial charge in [-0.05, 0) is 27.2 Å². The van der Waals surface area contributed by atoms with Crippen LogP contribution in [0.4, 0.5) is 5.82 Å². The van der Waals surface area contributed by atoms with Crippen LogP contribution < -0.4 is 10.6 Å². The molecule has 0 atom stereocenters. The number of nitrogens with two attached hydrogens (primary N) is 1. The van der Waals surface area contributed by atoms with Gasteiger partial charge in [0.2, 0.25) is 0 Å². The minimum atomic E-state index is -0.829. The molecule has 1 heterocycles. The van der Waals surface area contributed by atoms with Gasteiger partial charge in [0.15, 0.2) is 0 Å². The van der Waals surface area contributed by atoms with Crippen molar-refractivity contribution in [3.63, 3.8) is 0 Å². The first-order valence-corrected chi connectivity index (χ1v) is 6.57. The average Bonchev–Trinajstić information content (AvgIpc) is 2.58. The van der Waals surface area contributed by atoms with E-state index in [-0.39, 0.29) is 12.5 Å². The van der Waals surface area contributed by atoms with Gasteiger partial charge in [0, 0.05) is 26.1 Å². The standard InChI is InChI=1S/C13H22N4O3/c1-8(2)17(7-5-6-10(18)19)13-11(12(14)20)9(3)15-16(13)4/h8H,5-7H2,1-4H3,(H2,14,20)(H,18,19). The molecule has 0 aliphatic heterocycles. The maximum Gasteiger partial charge on any atom is 0.303 e. The fourth-order valence-electron chi connectivity index (χ4n) is 2.27. The predicted octanol–water partition coefficient (Wildman–Crippen LogP) is 0.907. The molecular formula is C13H22N4O3. The molecule has 0 spiro atoms. The van der Waals surface area contributed by atoms with E-state index in [0.717, 1.165) is 0 Å². The normalized spacial score (nSPS) is 10.8. The number of carbonyl (C=O) groups excluding carboxylic acids is 1. The summed E-state index contributed by atoms with van der Waals surface area (Å²) in [6, 6.07) is 0.108. The predicted molar refractivity (Wildman–Crippen MR) is 75.8 cm³/mol. The van der Waals surface area contributed by atoms with Crippen LogP contribution in [0.5, 0.6) is 0 Å². The van der Waals surface area contributed by atoms with Gasteiger partial charge in [0.05, 0.1) is 5.69 Å². The fourth-order valence-corrected chi connectivity index (χ4v) is 2.27. The van der Waals surface area contributed by atoms with E-state index < -0.39 is 11.9 Å². The first kappa shape index (κ1) is 16.0. The number of carbonyl (C=O) groups is 2. The quantitative estimate of drug-likeness (QED) is 0.774. The second-order valence-corrected chi connectivity index (χ2v) is 5.06. The maximum atomic E-state index is 11.6. The zero-order valence-corrected chi connectivity index (χ0v) is 12.4. The number of hydrogen-bond acceptors (Lipinski definition) is 4. The van der Waals surface area contributed by atoms with E-state index >= 15 is 0 Å². The highest BCUT2D eigenvalue weighted by molar-refractivity contribution is 5.99. The highest BCUT2D eigenvalue weighted by atomic mass is 16.4. The SMILES string of the molecule is Cc1nn(C)c(N(CCCC(=O)O)C(C)C)c1C(N)=O. The highest BCUT2D eigenvalue weighted by Gasteiger charge is 2.24. The van der Waals surface area contributed by atoms with Gasteiger partial charge in [0.25, 0.3) is 5.91 Å². The van der Waals surface area contributed by atoms with Crippen molar-refractivity contribution in [1.82, 2.24) is 9.78 Å². The zero-order valence-electron chi connectivity index (χ0n) is 12.4. The number of aromatic nitrogens is 2. The van der Waals surface area contributed by atoms with E-state index in [1.807, 2.05) is 18.7 Å². The third kappa shape index (κ3) is 3.49. The smallest absolute Gasteiger partial charge is 0.303 e. The van der Waals surface area contributed by atoms with Crippen LogP contribution in [-0.2, 0) is 11.8 Å². The molecule has 0 fully saturated rings. The minimum Gasteiger partial charge on any atom is -0.481 e. The molecule has 0 unspecified atom stereocenters. The van der Waals surface area contributed by atoms with Gasteiger partial charge in [-0.2, -0.15) is 5.10 Å². The minimum absolute atomic E-state index is 0.0892. The molecule has 7 heteroatoms. The molecule has 0 aliphatic carbocycles. The third-order valence-corrected chi connectivity index (χ3v) is 3.12. The summed E-state index contributed by atoms with van der Waals surface area (Å²) in [5, 5.41) is 13.0. The molecule has 0 saturated carbocycles. The molecule has 0 aliphatic rings. The number of carboxylic acids is 1. The van der Waals surface area contributed by atoms with Gasteiger partial charge in [-0.25, -0.2) is 0 Å². The van der Waals surface area contributed by atoms with Gasteiger partial charge in [-0.3, -0.25) is 14.3 Å². The lowest BCUT2D eigenvalue weighted by molar-refractivity contribution is -0.137. The van der Waals surface area contributed by atoms with Crippen molar-refractivity contribution < 1.29 is 14.7 Å². The Balaban J connectivity index is 3.09. The van der Waals surface area contributed by atoms with Crippen LogP contribution in [0.1, 0.15) is 42.7 Å². The van der Waals surface area contributed by atoms with Gasteiger partial charge in [-0.15, -0.1) is 0 Å². The van der Waals surface area contributed by atoms with Crippen molar-refractivity contribution in [2.24, 2.45) is 12.8 Å². The molecule has 0 aromatic carbocycles. The number of nitrogens with zero attached hydrogens (tertiary/aromatic N) is 3. The second-order valence-electron chi connectivity index (χ2n) is 5.06. The number of primary amides is 1. The Bertz CT molecular complexity index is 508. The Kier molecular flexibility index (Phi) is 5.12. The van der Waals surface area contributed by atoms with E-state index in [9.17, 15) is 9.59 Å². The highest BCUT2D eigenvalue weighted by Crippen LogP contribution is 2.25. The molecular weight excluding hydrogens is 260 g/mol. The summed E-state index contributed by atoms with van der Waals surface area (Å²) in [5.41, 5.74) is 6.41. The Morgan fingerprint density at radius 2 is 2.05 bits per heavy atom. The number of rotatable bonds is 7. The summed E-state index contributed by atoms with van der Waals surface area (Å²) in [5.74, 6) is -0.699. The van der Waals surface area contributed by atoms with E-state index in [1.54, 1.807) is 18.7 Å². The van der Waals surface area contributed by atoms with Crippen molar-refractivity contribution in [3.8, 4) is 0 Å². The molecule has 7 nitrogen and oxygen atoms in total. The monoisotopic (exact) mass is 282 g/mol. The number of aryl methyl sites for hydroxylation is 2. The van der Waals surface area contributed by atoms with Crippen molar-refractivity contribution >= 4 is 17.7 Å². The molecule has 0 saturated heterocycles. The summed E-state index contributed by atoms with van der Waals surface area (Å²) in [6.07, 6.45) is 0.585. The topological polar surface area (TPSA) is 101 Å². The molecule has 1 amide bonds.